The van der Waals surface area contributed by atoms with Crippen LogP contribution in [0.3, 0.4) is 0 Å². The maximum Gasteiger partial charge on any atom is 0.260 e. The van der Waals surface area contributed by atoms with E-state index >= 15 is 0 Å². The van der Waals surface area contributed by atoms with Gasteiger partial charge in [0, 0.05) is 29.9 Å². The molecule has 0 aliphatic carbocycles. The maximum atomic E-state index is 14.9. The summed E-state index contributed by atoms with van der Waals surface area (Å²) < 4.78 is 50.9. The van der Waals surface area contributed by atoms with Gasteiger partial charge in [-0.1, -0.05) is 52.6 Å². The first-order chi connectivity index (χ1) is 22.6. The summed E-state index contributed by atoms with van der Waals surface area (Å²) in [6.07, 6.45) is 3.34. The van der Waals surface area contributed by atoms with Gasteiger partial charge in [-0.15, -0.1) is 0 Å². The Hall–Kier alpha value is -3.51. The van der Waals surface area contributed by atoms with Crippen molar-refractivity contribution in [1.82, 2.24) is 14.5 Å². The number of hydrogen-bond donors (Lipinski definition) is 0. The van der Waals surface area contributed by atoms with Crippen molar-refractivity contribution in [3.8, 4) is 23.3 Å². The number of oxime groups is 1. The molecule has 0 N–H and O–H groups in total. The molecule has 1 aromatic heterocycles. The fourth-order valence-corrected chi connectivity index (χ4v) is 7.43. The summed E-state index contributed by atoms with van der Waals surface area (Å²) in [6.45, 7) is 25.8. The lowest BCUT2D eigenvalue weighted by molar-refractivity contribution is -0.138. The van der Waals surface area contributed by atoms with Crippen LogP contribution in [0.4, 0.5) is 8.78 Å². The van der Waals surface area contributed by atoms with E-state index < -0.39 is 34.0 Å². The number of hydrogen-bond acceptors (Lipinski definition) is 7. The minimum Gasteiger partial charge on any atom is -0.495 e. The summed E-state index contributed by atoms with van der Waals surface area (Å²) in [6, 6.07) is 9.04. The van der Waals surface area contributed by atoms with E-state index in [9.17, 15) is 8.78 Å². The normalized spacial score (nSPS) is 17.7. The molecule has 8 nitrogen and oxygen atoms in total. The Kier molecular flexibility index (Phi) is 11.0. The van der Waals surface area contributed by atoms with Crippen LogP contribution in [-0.2, 0) is 19.4 Å². The summed E-state index contributed by atoms with van der Waals surface area (Å²) >= 11 is 0. The van der Waals surface area contributed by atoms with Gasteiger partial charge in [-0.05, 0) is 86.4 Å². The fraction of sp³-hybridized carbons (Fsp3) is 0.514. The number of ether oxygens (including phenoxy) is 1. The van der Waals surface area contributed by atoms with Crippen LogP contribution in [0.15, 0.2) is 54.1 Å². The van der Waals surface area contributed by atoms with Gasteiger partial charge in [-0.3, -0.25) is 4.90 Å². The van der Waals surface area contributed by atoms with Gasteiger partial charge in [0.05, 0.1) is 30.9 Å². The fourth-order valence-electron chi connectivity index (χ4n) is 5.01. The van der Waals surface area contributed by atoms with Crippen LogP contribution in [0.1, 0.15) is 65.3 Å². The highest BCUT2D eigenvalue weighted by Crippen LogP contribution is 2.43. The number of benzene rings is 2. The second kappa shape index (κ2) is 14.0. The number of aromatic nitrogens is 2. The van der Waals surface area contributed by atoms with Crippen LogP contribution in [-0.4, -0.2) is 63.3 Å². The largest absolute Gasteiger partial charge is 0.495 e. The van der Waals surface area contributed by atoms with Crippen LogP contribution in [0, 0.1) is 30.4 Å². The number of amidine groups is 1. The molecule has 12 heteroatoms. The van der Waals surface area contributed by atoms with E-state index in [-0.39, 0.29) is 34.9 Å². The molecule has 2 aromatic carbocycles. The number of halogens is 2. The summed E-state index contributed by atoms with van der Waals surface area (Å²) in [5.41, 5.74) is 1.12. The van der Waals surface area contributed by atoms with Crippen molar-refractivity contribution in [1.29, 1.82) is 0 Å². The van der Waals surface area contributed by atoms with Crippen molar-refractivity contribution < 1.29 is 27.2 Å². The highest BCUT2D eigenvalue weighted by molar-refractivity contribution is 6.74. The Balaban J connectivity index is 1.81. The summed E-state index contributed by atoms with van der Waals surface area (Å²) in [7, 11) is -2.97. The molecule has 4 rings (SSSR count). The third-order valence-electron chi connectivity index (χ3n) is 9.95. The van der Waals surface area contributed by atoms with Gasteiger partial charge in [0.2, 0.25) is 5.84 Å². The van der Waals surface area contributed by atoms with E-state index in [1.54, 1.807) is 13.4 Å². The van der Waals surface area contributed by atoms with Crippen molar-refractivity contribution in [3.05, 3.63) is 77.4 Å². The van der Waals surface area contributed by atoms with Gasteiger partial charge in [0.25, 0.3) is 5.72 Å². The molecule has 0 saturated heterocycles. The SMILES string of the molecule is COc1cc(C#CC2=NO[C@](CO[Si](C)(C)C(C)(C)C)(c3cc(F)cc(F)c3)N2C[C@@H](C)O[Si](C)(C)C(C)(C)C)ccc1-n1cnc(C)c1. The third-order valence-corrected chi connectivity index (χ3v) is 19.0. The highest BCUT2D eigenvalue weighted by Gasteiger charge is 2.52. The smallest absolute Gasteiger partial charge is 0.260 e. The molecule has 0 unspecified atom stereocenters. The monoisotopic (exact) mass is 710 g/mol. The second-order valence-electron chi connectivity index (χ2n) is 15.9. The average molecular weight is 711 g/mol. The summed E-state index contributed by atoms with van der Waals surface area (Å²) in [5, 5.41) is 4.30. The lowest BCUT2D eigenvalue weighted by Gasteiger charge is -2.44. The third kappa shape index (κ3) is 8.45. The van der Waals surface area contributed by atoms with Crippen molar-refractivity contribution in [2.75, 3.05) is 20.3 Å². The van der Waals surface area contributed by atoms with Gasteiger partial charge >= 0.3 is 0 Å². The number of methoxy groups -OCH3 is 1. The molecule has 2 atom stereocenters. The Morgan fingerprint density at radius 2 is 1.57 bits per heavy atom. The molecule has 0 fully saturated rings. The number of aryl methyl sites for hydroxylation is 1. The minimum atomic E-state index is -2.37. The van der Waals surface area contributed by atoms with Crippen molar-refractivity contribution in [2.24, 2.45) is 5.16 Å². The molecule has 0 spiro atoms. The highest BCUT2D eigenvalue weighted by atomic mass is 28.4. The Morgan fingerprint density at radius 3 is 2.12 bits per heavy atom. The zero-order chi connectivity index (χ0) is 36.6. The molecular weight excluding hydrogens is 659 g/mol. The molecule has 0 bridgehead atoms. The van der Waals surface area contributed by atoms with Crippen LogP contribution in [0.5, 0.6) is 5.75 Å². The van der Waals surface area contributed by atoms with E-state index in [1.807, 2.05) is 47.7 Å². The molecule has 49 heavy (non-hydrogen) atoms. The Labute approximate surface area is 293 Å². The topological polar surface area (TPSA) is 70.3 Å². The van der Waals surface area contributed by atoms with Crippen LogP contribution < -0.4 is 4.74 Å². The molecule has 1 aliphatic rings. The molecular formula is C37H52F2N4O4Si2. The van der Waals surface area contributed by atoms with Crippen molar-refractivity contribution in [3.63, 3.8) is 0 Å². The second-order valence-corrected chi connectivity index (χ2v) is 25.4. The molecule has 1 aliphatic heterocycles. The minimum absolute atomic E-state index is 0.0271. The molecule has 266 valence electrons. The summed E-state index contributed by atoms with van der Waals surface area (Å²) in [4.78, 5) is 12.4. The molecule has 0 saturated carbocycles. The molecule has 0 radical (unpaired) electrons. The van der Waals surface area contributed by atoms with Gasteiger partial charge in [-0.2, -0.15) is 0 Å². The lowest BCUT2D eigenvalue weighted by Crippen LogP contribution is -2.55. The van der Waals surface area contributed by atoms with Crippen molar-refractivity contribution >= 4 is 22.5 Å². The predicted molar refractivity (Wildman–Crippen MR) is 196 cm³/mol. The Bertz CT molecular complexity index is 1730. The van der Waals surface area contributed by atoms with E-state index in [2.05, 4.69) is 89.7 Å². The number of nitrogens with zero attached hydrogens (tertiary/aromatic N) is 4. The first kappa shape index (κ1) is 38.3. The zero-order valence-corrected chi connectivity index (χ0v) is 33.3. The standard InChI is InChI=1S/C37H52F2N4O4Si2/c1-26-22-42(25-40-26)32-16-14-28(18-33(32)44-9)15-17-34-41-47-37(24-45-48(10,11)35(3,4)5,29-19-30(38)21-31(39)20-29)43(34)23-27(2)46-49(12,13)36(6,7)8/h14,16,18-22,25,27H,23-24H2,1-13H3/t27-,37-/m1/s1. The van der Waals surface area contributed by atoms with E-state index in [1.165, 1.54) is 12.1 Å². The predicted octanol–water partition coefficient (Wildman–Crippen LogP) is 8.75. The van der Waals surface area contributed by atoms with Gasteiger partial charge in [0.1, 0.15) is 24.0 Å². The molecule has 2 heterocycles. The van der Waals surface area contributed by atoms with E-state index in [0.717, 1.165) is 17.4 Å². The molecule has 0 amide bonds. The van der Waals surface area contributed by atoms with Gasteiger partial charge in [-0.25, -0.2) is 13.8 Å². The quantitative estimate of drug-likeness (QED) is 0.155. The average Bonchev–Trinajstić information content (AvgIpc) is 3.56. The van der Waals surface area contributed by atoms with Crippen LogP contribution in [0.25, 0.3) is 5.69 Å². The summed E-state index contributed by atoms with van der Waals surface area (Å²) in [5.74, 6) is 5.86. The van der Waals surface area contributed by atoms with Gasteiger partial charge in [0.15, 0.2) is 16.6 Å². The number of rotatable bonds is 10. The lowest BCUT2D eigenvalue weighted by atomic mass is 10.0. The first-order valence-electron chi connectivity index (χ1n) is 16.6. The van der Waals surface area contributed by atoms with Gasteiger partial charge < -0.3 is 23.0 Å². The first-order valence-corrected chi connectivity index (χ1v) is 22.4. The molecule has 3 aromatic rings. The number of imidazole rings is 1. The van der Waals surface area contributed by atoms with Crippen LogP contribution in [0.2, 0.25) is 36.3 Å². The maximum absolute atomic E-state index is 14.9. The van der Waals surface area contributed by atoms with E-state index in [0.29, 0.717) is 17.1 Å². The zero-order valence-electron chi connectivity index (χ0n) is 31.3. The van der Waals surface area contributed by atoms with Crippen molar-refractivity contribution in [2.45, 2.75) is 103 Å². The Morgan fingerprint density at radius 1 is 0.939 bits per heavy atom. The van der Waals surface area contributed by atoms with Crippen LogP contribution >= 0.6 is 0 Å². The van der Waals surface area contributed by atoms with E-state index in [4.69, 9.17) is 18.4 Å².